The fourth-order valence-corrected chi connectivity index (χ4v) is 2.54. The molecule has 0 aliphatic rings. The van der Waals surface area contributed by atoms with E-state index in [1.807, 2.05) is 25.1 Å². The van der Waals surface area contributed by atoms with E-state index in [9.17, 15) is 14.7 Å². The van der Waals surface area contributed by atoms with Gasteiger partial charge in [0.2, 0.25) is 5.91 Å². The summed E-state index contributed by atoms with van der Waals surface area (Å²) in [6.45, 7) is 1.97. The van der Waals surface area contributed by atoms with Crippen LogP contribution in [0.4, 0.5) is 0 Å². The Hall–Kier alpha value is -1.82. The maximum Gasteiger partial charge on any atom is 0.233 e. The lowest BCUT2D eigenvalue weighted by atomic mass is 10.3. The first-order valence-electron chi connectivity index (χ1n) is 5.96. The Labute approximate surface area is 114 Å². The van der Waals surface area contributed by atoms with Gasteiger partial charge in [-0.3, -0.25) is 9.36 Å². The summed E-state index contributed by atoms with van der Waals surface area (Å²) in [4.78, 5) is 27.0. The van der Waals surface area contributed by atoms with Crippen LogP contribution in [-0.4, -0.2) is 27.2 Å². The average molecular weight is 277 g/mol. The van der Waals surface area contributed by atoms with Gasteiger partial charge in [0.25, 0.3) is 0 Å². The molecule has 0 N–H and O–H groups in total. The standard InChI is InChI=1S/C13H14N2O3S/c1-2-19-13-14-9-5-3-4-6-10(9)15(13)11(16)7-8-12(17)18/h3-6H,2,7-8H2,1H3,(H,17,18)/p-1. The van der Waals surface area contributed by atoms with Crippen LogP contribution >= 0.6 is 11.8 Å². The number of para-hydroxylation sites is 2. The molecule has 0 fully saturated rings. The van der Waals surface area contributed by atoms with Gasteiger partial charge >= 0.3 is 0 Å². The molecule has 2 rings (SSSR count). The van der Waals surface area contributed by atoms with Gasteiger partial charge in [0, 0.05) is 12.4 Å². The van der Waals surface area contributed by atoms with Crippen LogP contribution < -0.4 is 5.11 Å². The second-order valence-corrected chi connectivity index (χ2v) is 5.15. The van der Waals surface area contributed by atoms with E-state index in [4.69, 9.17) is 0 Å². The SMILES string of the molecule is CCSc1nc2ccccc2n1C(=O)CCC(=O)[O-]. The van der Waals surface area contributed by atoms with Gasteiger partial charge in [-0.05, 0) is 24.3 Å². The van der Waals surface area contributed by atoms with Crippen LogP contribution in [0.3, 0.4) is 0 Å². The van der Waals surface area contributed by atoms with Crippen molar-refractivity contribution in [3.8, 4) is 0 Å². The van der Waals surface area contributed by atoms with E-state index in [0.717, 1.165) is 11.3 Å². The first-order valence-corrected chi connectivity index (χ1v) is 6.95. The van der Waals surface area contributed by atoms with Gasteiger partial charge in [0.1, 0.15) is 0 Å². The normalized spacial score (nSPS) is 10.8. The second kappa shape index (κ2) is 5.88. The van der Waals surface area contributed by atoms with Crippen LogP contribution in [0.2, 0.25) is 0 Å². The third-order valence-electron chi connectivity index (χ3n) is 2.60. The number of carboxylic acids is 1. The Morgan fingerprint density at radius 3 is 2.74 bits per heavy atom. The maximum absolute atomic E-state index is 12.1. The smallest absolute Gasteiger partial charge is 0.233 e. The van der Waals surface area contributed by atoms with Crippen molar-refractivity contribution in [1.82, 2.24) is 9.55 Å². The molecule has 1 heterocycles. The van der Waals surface area contributed by atoms with Crippen molar-refractivity contribution in [2.24, 2.45) is 0 Å². The van der Waals surface area contributed by atoms with Crippen LogP contribution in [-0.2, 0) is 4.79 Å². The molecule has 2 aromatic rings. The summed E-state index contributed by atoms with van der Waals surface area (Å²) in [5.74, 6) is -0.701. The van der Waals surface area contributed by atoms with Crippen molar-refractivity contribution in [2.75, 3.05) is 5.75 Å². The average Bonchev–Trinajstić information content (AvgIpc) is 2.74. The molecule has 0 amide bonds. The number of hydrogen-bond donors (Lipinski definition) is 0. The summed E-state index contributed by atoms with van der Waals surface area (Å²) in [6, 6.07) is 7.31. The number of fused-ring (bicyclic) bond motifs is 1. The van der Waals surface area contributed by atoms with Gasteiger partial charge in [-0.15, -0.1) is 0 Å². The van der Waals surface area contributed by atoms with Crippen molar-refractivity contribution in [2.45, 2.75) is 24.9 Å². The minimum atomic E-state index is -1.22. The Balaban J connectivity index is 2.40. The zero-order valence-corrected chi connectivity index (χ0v) is 11.3. The number of carboxylic acid groups (broad SMARTS) is 1. The predicted molar refractivity (Wildman–Crippen MR) is 71.0 cm³/mol. The van der Waals surface area contributed by atoms with E-state index in [-0.39, 0.29) is 18.7 Å². The summed E-state index contributed by atoms with van der Waals surface area (Å²) in [5, 5.41) is 11.1. The minimum Gasteiger partial charge on any atom is -0.550 e. The third-order valence-corrected chi connectivity index (χ3v) is 3.42. The number of aromatic nitrogens is 2. The fraction of sp³-hybridized carbons (Fsp3) is 0.308. The number of carbonyl (C=O) groups is 2. The van der Waals surface area contributed by atoms with Crippen LogP contribution in [0, 0.1) is 0 Å². The summed E-state index contributed by atoms with van der Waals surface area (Å²) in [6.07, 6.45) is -0.360. The highest BCUT2D eigenvalue weighted by molar-refractivity contribution is 7.99. The quantitative estimate of drug-likeness (QED) is 0.770. The maximum atomic E-state index is 12.1. The highest BCUT2D eigenvalue weighted by Crippen LogP contribution is 2.24. The number of benzene rings is 1. The van der Waals surface area contributed by atoms with E-state index < -0.39 is 5.97 Å². The fourth-order valence-electron chi connectivity index (χ4n) is 1.79. The molecule has 100 valence electrons. The topological polar surface area (TPSA) is 75.0 Å². The largest absolute Gasteiger partial charge is 0.550 e. The van der Waals surface area contributed by atoms with Crippen molar-refractivity contribution >= 4 is 34.7 Å². The van der Waals surface area contributed by atoms with E-state index in [2.05, 4.69) is 4.98 Å². The Bertz CT molecular complexity index is 621. The molecule has 0 saturated carbocycles. The van der Waals surface area contributed by atoms with Crippen molar-refractivity contribution < 1.29 is 14.7 Å². The first kappa shape index (κ1) is 13.6. The van der Waals surface area contributed by atoms with Crippen LogP contribution in [0.1, 0.15) is 24.6 Å². The predicted octanol–water partition coefficient (Wildman–Crippen LogP) is 1.32. The summed E-state index contributed by atoms with van der Waals surface area (Å²) < 4.78 is 1.49. The molecule has 5 nitrogen and oxygen atoms in total. The highest BCUT2D eigenvalue weighted by atomic mass is 32.2. The molecule has 6 heteroatoms. The van der Waals surface area contributed by atoms with Crippen molar-refractivity contribution in [1.29, 1.82) is 0 Å². The van der Waals surface area contributed by atoms with Gasteiger partial charge in [-0.1, -0.05) is 30.8 Å². The molecule has 0 spiro atoms. The van der Waals surface area contributed by atoms with Crippen LogP contribution in [0.5, 0.6) is 0 Å². The van der Waals surface area contributed by atoms with Crippen molar-refractivity contribution in [3.05, 3.63) is 24.3 Å². The highest BCUT2D eigenvalue weighted by Gasteiger charge is 2.16. The molecule has 0 aliphatic heterocycles. The lowest BCUT2D eigenvalue weighted by molar-refractivity contribution is -0.305. The number of carbonyl (C=O) groups excluding carboxylic acids is 2. The molecule has 0 saturated heterocycles. The summed E-state index contributed by atoms with van der Waals surface area (Å²) in [5.41, 5.74) is 1.45. The van der Waals surface area contributed by atoms with E-state index >= 15 is 0 Å². The molecule has 0 radical (unpaired) electrons. The lowest BCUT2D eigenvalue weighted by Crippen LogP contribution is -2.24. The molecule has 0 unspecified atom stereocenters. The van der Waals surface area contributed by atoms with E-state index in [1.54, 1.807) is 6.07 Å². The van der Waals surface area contributed by atoms with Crippen LogP contribution in [0.25, 0.3) is 11.0 Å². The number of aliphatic carboxylic acids is 1. The zero-order valence-electron chi connectivity index (χ0n) is 10.5. The number of hydrogen-bond acceptors (Lipinski definition) is 5. The Morgan fingerprint density at radius 2 is 2.05 bits per heavy atom. The third kappa shape index (κ3) is 2.96. The van der Waals surface area contributed by atoms with E-state index in [0.29, 0.717) is 10.7 Å². The molecule has 1 aromatic carbocycles. The van der Waals surface area contributed by atoms with E-state index in [1.165, 1.54) is 16.3 Å². The Kier molecular flexibility index (Phi) is 4.21. The van der Waals surface area contributed by atoms with Crippen molar-refractivity contribution in [3.63, 3.8) is 0 Å². The summed E-state index contributed by atoms with van der Waals surface area (Å²) >= 11 is 1.46. The van der Waals surface area contributed by atoms with Gasteiger partial charge in [0.05, 0.1) is 11.0 Å². The number of rotatable bonds is 5. The van der Waals surface area contributed by atoms with Gasteiger partial charge in [-0.2, -0.15) is 0 Å². The van der Waals surface area contributed by atoms with Gasteiger partial charge in [0.15, 0.2) is 5.16 Å². The molecule has 0 aliphatic carbocycles. The minimum absolute atomic E-state index is 0.0834. The lowest BCUT2D eigenvalue weighted by Gasteiger charge is -2.07. The zero-order chi connectivity index (χ0) is 13.8. The molecular formula is C13H13N2O3S-. The monoisotopic (exact) mass is 277 g/mol. The first-order chi connectivity index (χ1) is 9.13. The van der Waals surface area contributed by atoms with Gasteiger partial charge < -0.3 is 9.90 Å². The molecule has 19 heavy (non-hydrogen) atoms. The molecule has 0 bridgehead atoms. The number of thioether (sulfide) groups is 1. The molecular weight excluding hydrogens is 264 g/mol. The number of imidazole rings is 1. The van der Waals surface area contributed by atoms with Gasteiger partial charge in [-0.25, -0.2) is 4.98 Å². The molecule has 0 atom stereocenters. The summed E-state index contributed by atoms with van der Waals surface area (Å²) in [7, 11) is 0. The molecule has 1 aromatic heterocycles. The number of nitrogens with zero attached hydrogens (tertiary/aromatic N) is 2. The second-order valence-electron chi connectivity index (χ2n) is 3.92. The Morgan fingerprint density at radius 1 is 1.32 bits per heavy atom. The van der Waals surface area contributed by atoms with Crippen LogP contribution in [0.15, 0.2) is 29.4 Å².